The van der Waals surface area contributed by atoms with E-state index in [0.717, 1.165) is 17.0 Å². The van der Waals surface area contributed by atoms with Gasteiger partial charge in [0.2, 0.25) is 0 Å². The van der Waals surface area contributed by atoms with Gasteiger partial charge in [0.15, 0.2) is 0 Å². The van der Waals surface area contributed by atoms with Crippen molar-refractivity contribution in [3.63, 3.8) is 0 Å². The number of halogens is 2. The number of benzene rings is 2. The molecule has 0 radical (unpaired) electrons. The van der Waals surface area contributed by atoms with Gasteiger partial charge in [0.1, 0.15) is 17.4 Å². The van der Waals surface area contributed by atoms with Gasteiger partial charge < -0.3 is 4.74 Å². The minimum absolute atomic E-state index is 0.299. The Bertz CT molecular complexity index is 798. The van der Waals surface area contributed by atoms with Crippen molar-refractivity contribution in [1.29, 1.82) is 0 Å². The monoisotopic (exact) mass is 304 g/mol. The van der Waals surface area contributed by atoms with Gasteiger partial charge in [-0.2, -0.15) is 0 Å². The molecule has 2 aromatic carbocycles. The van der Waals surface area contributed by atoms with E-state index in [4.69, 9.17) is 16.3 Å². The Morgan fingerprint density at radius 2 is 2.05 bits per heavy atom. The largest absolute Gasteiger partial charge is 0.497 e. The van der Waals surface area contributed by atoms with Crippen LogP contribution >= 0.6 is 11.6 Å². The molecule has 0 aliphatic heterocycles. The molecule has 1 unspecified atom stereocenters. The molecule has 0 aliphatic rings. The molecule has 3 rings (SSSR count). The highest BCUT2D eigenvalue weighted by molar-refractivity contribution is 6.20. The predicted octanol–water partition coefficient (Wildman–Crippen LogP) is 4.47. The zero-order valence-corrected chi connectivity index (χ0v) is 12.4. The molecule has 5 heteroatoms. The lowest BCUT2D eigenvalue weighted by atomic mass is 10.2. The maximum Gasteiger partial charge on any atom is 0.132 e. The van der Waals surface area contributed by atoms with Crippen LogP contribution < -0.4 is 4.74 Å². The summed E-state index contributed by atoms with van der Waals surface area (Å²) in [5.74, 6) is 1.10. The molecule has 21 heavy (non-hydrogen) atoms. The van der Waals surface area contributed by atoms with Crippen LogP contribution in [0.4, 0.5) is 4.39 Å². The first-order chi connectivity index (χ1) is 10.1. The Balaban J connectivity index is 2.30. The van der Waals surface area contributed by atoms with Crippen LogP contribution in [0.5, 0.6) is 5.75 Å². The van der Waals surface area contributed by atoms with E-state index in [9.17, 15) is 4.39 Å². The normalized spacial score (nSPS) is 12.6. The van der Waals surface area contributed by atoms with Crippen molar-refractivity contribution in [2.75, 3.05) is 7.11 Å². The van der Waals surface area contributed by atoms with Crippen molar-refractivity contribution < 1.29 is 9.13 Å². The van der Waals surface area contributed by atoms with Crippen molar-refractivity contribution in [3.8, 4) is 11.4 Å². The number of alkyl halides is 1. The molecule has 0 saturated carbocycles. The number of hydrogen-bond acceptors (Lipinski definition) is 2. The maximum atomic E-state index is 13.4. The summed E-state index contributed by atoms with van der Waals surface area (Å²) in [5.41, 5.74) is 2.28. The molecule has 0 spiro atoms. The van der Waals surface area contributed by atoms with E-state index in [2.05, 4.69) is 4.98 Å². The van der Waals surface area contributed by atoms with Crippen LogP contribution in [-0.4, -0.2) is 16.7 Å². The second-order valence-corrected chi connectivity index (χ2v) is 5.41. The number of methoxy groups -OCH3 is 1. The molecule has 0 saturated heterocycles. The maximum absolute atomic E-state index is 13.4. The van der Waals surface area contributed by atoms with Gasteiger partial charge in [0.25, 0.3) is 0 Å². The number of fused-ring (bicyclic) bond motifs is 1. The summed E-state index contributed by atoms with van der Waals surface area (Å²) in [6.07, 6.45) is 0. The fourth-order valence-electron chi connectivity index (χ4n) is 2.36. The molecule has 0 bridgehead atoms. The standard InChI is InChI=1S/C16H14ClFN2O/c1-10(17)16-19-14-8-11(18)6-7-15(14)20(16)12-4-3-5-13(9-12)21-2/h3-10H,1-2H3. The summed E-state index contributed by atoms with van der Waals surface area (Å²) in [5, 5.41) is -0.299. The van der Waals surface area contributed by atoms with Crippen LogP contribution in [0.3, 0.4) is 0 Å². The summed E-state index contributed by atoms with van der Waals surface area (Å²) in [4.78, 5) is 4.46. The van der Waals surface area contributed by atoms with Gasteiger partial charge in [-0.15, -0.1) is 11.6 Å². The van der Waals surface area contributed by atoms with Gasteiger partial charge in [0, 0.05) is 12.1 Å². The van der Waals surface area contributed by atoms with Gasteiger partial charge in [0.05, 0.1) is 29.2 Å². The lowest BCUT2D eigenvalue weighted by Gasteiger charge is -2.11. The van der Waals surface area contributed by atoms with Crippen molar-refractivity contribution >= 4 is 22.6 Å². The van der Waals surface area contributed by atoms with Crippen LogP contribution in [0.25, 0.3) is 16.7 Å². The van der Waals surface area contributed by atoms with E-state index in [1.54, 1.807) is 13.2 Å². The number of rotatable bonds is 3. The first-order valence-electron chi connectivity index (χ1n) is 6.56. The number of imidazole rings is 1. The van der Waals surface area contributed by atoms with Gasteiger partial charge in [-0.1, -0.05) is 6.07 Å². The summed E-state index contributed by atoms with van der Waals surface area (Å²) in [6.45, 7) is 1.84. The smallest absolute Gasteiger partial charge is 0.132 e. The molecule has 3 nitrogen and oxygen atoms in total. The minimum atomic E-state index is -0.313. The fourth-order valence-corrected chi connectivity index (χ4v) is 2.51. The Kier molecular flexibility index (Phi) is 3.55. The molecule has 1 atom stereocenters. The fraction of sp³-hybridized carbons (Fsp3) is 0.188. The molecule has 0 N–H and O–H groups in total. The predicted molar refractivity (Wildman–Crippen MR) is 81.8 cm³/mol. The number of ether oxygens (including phenoxy) is 1. The summed E-state index contributed by atoms with van der Waals surface area (Å²) >= 11 is 6.23. The third kappa shape index (κ3) is 2.47. The number of hydrogen-bond donors (Lipinski definition) is 0. The average Bonchev–Trinajstić information content (AvgIpc) is 2.86. The molecular formula is C16H14ClFN2O. The van der Waals surface area contributed by atoms with Gasteiger partial charge in [-0.05, 0) is 31.2 Å². The van der Waals surface area contributed by atoms with Crippen molar-refractivity contribution in [2.24, 2.45) is 0 Å². The van der Waals surface area contributed by atoms with Gasteiger partial charge in [-0.3, -0.25) is 4.57 Å². The number of aromatic nitrogens is 2. The van der Waals surface area contributed by atoms with E-state index in [0.29, 0.717) is 11.3 Å². The zero-order valence-electron chi connectivity index (χ0n) is 11.7. The second-order valence-electron chi connectivity index (χ2n) is 4.76. The molecule has 1 aromatic heterocycles. The van der Waals surface area contributed by atoms with E-state index in [1.807, 2.05) is 35.8 Å². The van der Waals surface area contributed by atoms with Crippen LogP contribution in [-0.2, 0) is 0 Å². The first kappa shape index (κ1) is 13.9. The molecule has 1 heterocycles. The molecule has 3 aromatic rings. The van der Waals surface area contributed by atoms with E-state index < -0.39 is 0 Å². The topological polar surface area (TPSA) is 27.1 Å². The molecule has 0 aliphatic carbocycles. The van der Waals surface area contributed by atoms with Crippen LogP contribution in [0.2, 0.25) is 0 Å². The molecule has 0 fully saturated rings. The van der Waals surface area contributed by atoms with Gasteiger partial charge >= 0.3 is 0 Å². The third-order valence-electron chi connectivity index (χ3n) is 3.31. The van der Waals surface area contributed by atoms with Crippen LogP contribution in [0, 0.1) is 5.82 Å². The Hall–Kier alpha value is -2.07. The van der Waals surface area contributed by atoms with Crippen LogP contribution in [0.15, 0.2) is 42.5 Å². The van der Waals surface area contributed by atoms with E-state index in [1.165, 1.54) is 12.1 Å². The summed E-state index contributed by atoms with van der Waals surface area (Å²) in [6, 6.07) is 12.1. The Morgan fingerprint density at radius 3 is 2.76 bits per heavy atom. The highest BCUT2D eigenvalue weighted by atomic mass is 35.5. The Labute approximate surface area is 126 Å². The lowest BCUT2D eigenvalue weighted by Crippen LogP contribution is -2.02. The minimum Gasteiger partial charge on any atom is -0.497 e. The van der Waals surface area contributed by atoms with Crippen molar-refractivity contribution in [2.45, 2.75) is 12.3 Å². The highest BCUT2D eigenvalue weighted by Crippen LogP contribution is 2.29. The third-order valence-corrected chi connectivity index (χ3v) is 3.50. The molecular weight excluding hydrogens is 291 g/mol. The summed E-state index contributed by atoms with van der Waals surface area (Å²) < 4.78 is 20.6. The van der Waals surface area contributed by atoms with Crippen molar-refractivity contribution in [3.05, 3.63) is 54.1 Å². The second kappa shape index (κ2) is 5.37. The van der Waals surface area contributed by atoms with Crippen molar-refractivity contribution in [1.82, 2.24) is 9.55 Å². The Morgan fingerprint density at radius 1 is 1.24 bits per heavy atom. The molecule has 0 amide bonds. The van der Waals surface area contributed by atoms with E-state index in [-0.39, 0.29) is 11.2 Å². The quantitative estimate of drug-likeness (QED) is 0.667. The zero-order chi connectivity index (χ0) is 15.0. The molecule has 108 valence electrons. The highest BCUT2D eigenvalue weighted by Gasteiger charge is 2.17. The SMILES string of the molecule is COc1cccc(-n2c(C(C)Cl)nc3cc(F)ccc32)c1. The van der Waals surface area contributed by atoms with Crippen LogP contribution in [0.1, 0.15) is 18.1 Å². The average molecular weight is 305 g/mol. The number of nitrogens with zero attached hydrogens (tertiary/aromatic N) is 2. The lowest BCUT2D eigenvalue weighted by molar-refractivity contribution is 0.414. The van der Waals surface area contributed by atoms with E-state index >= 15 is 0 Å². The van der Waals surface area contributed by atoms with Gasteiger partial charge in [-0.25, -0.2) is 9.37 Å². The summed E-state index contributed by atoms with van der Waals surface area (Å²) in [7, 11) is 1.62. The first-order valence-corrected chi connectivity index (χ1v) is 7.00.